The Balaban J connectivity index is -0.0000000450. The van der Waals surface area contributed by atoms with Crippen LogP contribution in [0.5, 0.6) is 0 Å². The second-order valence-electron chi connectivity index (χ2n) is 1.56. The predicted octanol–water partition coefficient (Wildman–Crippen LogP) is -0.911. The molecule has 0 aliphatic carbocycles. The van der Waals surface area contributed by atoms with Gasteiger partial charge in [-0.15, -0.1) is 0 Å². The summed E-state index contributed by atoms with van der Waals surface area (Å²) in [5.74, 6) is -2.50. The Bertz CT molecular complexity index is 115. The van der Waals surface area contributed by atoms with Crippen LogP contribution in [0, 0.1) is 0 Å². The summed E-state index contributed by atoms with van der Waals surface area (Å²) in [5, 5.41) is 22.2. The first kappa shape index (κ1) is 22.8. The van der Waals surface area contributed by atoms with Gasteiger partial charge in [-0.05, 0) is 0 Å². The summed E-state index contributed by atoms with van der Waals surface area (Å²) in [6.45, 7) is 3.25. The zero-order chi connectivity index (χ0) is 10.7. The number of carbonyl (C=O) groups is 3. The molecule has 13 heavy (non-hydrogen) atoms. The number of rotatable bonds is 0. The van der Waals surface area contributed by atoms with Crippen LogP contribution < -0.4 is 0 Å². The fraction of sp³-hybridized carbons (Fsp3) is 0.500. The molecule has 0 bridgehead atoms. The SMILES string of the molecule is CC(=O)O.CC(=O)O.CC(=O)O.[SbH3]. The van der Waals surface area contributed by atoms with E-state index in [2.05, 4.69) is 0 Å². The number of hydrogen-bond acceptors (Lipinski definition) is 3. The summed E-state index contributed by atoms with van der Waals surface area (Å²) < 4.78 is 0. The van der Waals surface area contributed by atoms with E-state index in [0.29, 0.717) is 0 Å². The van der Waals surface area contributed by atoms with Crippen LogP contribution in [0.3, 0.4) is 0 Å². The summed E-state index contributed by atoms with van der Waals surface area (Å²) >= 11 is 0. The normalized spacial score (nSPS) is 5.77. The van der Waals surface area contributed by atoms with E-state index in [9.17, 15) is 0 Å². The van der Waals surface area contributed by atoms with Crippen molar-refractivity contribution < 1.29 is 29.7 Å². The first-order valence-electron chi connectivity index (χ1n) is 2.78. The fourth-order valence-corrected chi connectivity index (χ4v) is 0. The molecular formula is C6H15O6Sb. The van der Waals surface area contributed by atoms with Crippen LogP contribution >= 0.6 is 0 Å². The van der Waals surface area contributed by atoms with Gasteiger partial charge in [0.05, 0.1) is 0 Å². The minimum absolute atomic E-state index is 0. The van der Waals surface area contributed by atoms with Gasteiger partial charge in [-0.1, -0.05) is 0 Å². The van der Waals surface area contributed by atoms with Gasteiger partial charge in [0.15, 0.2) is 0 Å². The summed E-state index contributed by atoms with van der Waals surface area (Å²) in [4.78, 5) is 27.0. The maximum atomic E-state index is 9.00. The van der Waals surface area contributed by atoms with Gasteiger partial charge in [0.1, 0.15) is 0 Å². The van der Waals surface area contributed by atoms with E-state index in [1.54, 1.807) is 0 Å². The van der Waals surface area contributed by atoms with Crippen molar-refractivity contribution in [3.63, 3.8) is 0 Å². The predicted molar refractivity (Wildman–Crippen MR) is 49.9 cm³/mol. The molecule has 0 atom stereocenters. The number of aliphatic carboxylic acids is 3. The third-order valence-corrected chi connectivity index (χ3v) is 0. The van der Waals surface area contributed by atoms with Crippen molar-refractivity contribution >= 4 is 42.3 Å². The molecule has 0 aromatic rings. The van der Waals surface area contributed by atoms with Gasteiger partial charge >= 0.3 is 24.4 Å². The van der Waals surface area contributed by atoms with E-state index in [-0.39, 0.29) is 24.4 Å². The van der Waals surface area contributed by atoms with Crippen LogP contribution in [0.4, 0.5) is 0 Å². The van der Waals surface area contributed by atoms with Crippen molar-refractivity contribution in [3.05, 3.63) is 0 Å². The average molecular weight is 305 g/mol. The summed E-state index contributed by atoms with van der Waals surface area (Å²) in [5.41, 5.74) is 0. The van der Waals surface area contributed by atoms with Crippen LogP contribution in [-0.2, 0) is 14.4 Å². The third kappa shape index (κ3) is 1610. The molecule has 0 heterocycles. The van der Waals surface area contributed by atoms with Gasteiger partial charge in [-0.25, -0.2) is 0 Å². The molecule has 0 aromatic heterocycles. The zero-order valence-electron chi connectivity index (χ0n) is 7.77. The van der Waals surface area contributed by atoms with Gasteiger partial charge in [0, 0.05) is 20.8 Å². The second kappa shape index (κ2) is 17.3. The molecule has 0 saturated carbocycles. The number of carboxylic acids is 3. The third-order valence-electron chi connectivity index (χ3n) is 0. The molecule has 0 spiro atoms. The van der Waals surface area contributed by atoms with Crippen LogP contribution in [0.1, 0.15) is 20.8 Å². The summed E-state index contributed by atoms with van der Waals surface area (Å²) in [6, 6.07) is 0. The van der Waals surface area contributed by atoms with E-state index < -0.39 is 17.9 Å². The molecule has 0 aromatic carbocycles. The van der Waals surface area contributed by atoms with Crippen LogP contribution in [-0.4, -0.2) is 57.7 Å². The molecule has 7 heteroatoms. The van der Waals surface area contributed by atoms with Crippen LogP contribution in [0.15, 0.2) is 0 Å². The molecule has 0 fully saturated rings. The summed E-state index contributed by atoms with van der Waals surface area (Å²) in [6.07, 6.45) is 0. The topological polar surface area (TPSA) is 112 Å². The van der Waals surface area contributed by atoms with Crippen molar-refractivity contribution in [1.82, 2.24) is 0 Å². The van der Waals surface area contributed by atoms with Crippen molar-refractivity contribution in [2.75, 3.05) is 0 Å². The molecular weight excluding hydrogens is 290 g/mol. The van der Waals surface area contributed by atoms with Crippen molar-refractivity contribution in [2.45, 2.75) is 20.8 Å². The fourth-order valence-electron chi connectivity index (χ4n) is 0. The Kier molecular flexibility index (Phi) is 30.4. The number of carboxylic acid groups (broad SMARTS) is 3. The Morgan fingerprint density at radius 3 is 0.692 bits per heavy atom. The van der Waals surface area contributed by atoms with Gasteiger partial charge in [-0.2, -0.15) is 0 Å². The first-order valence-corrected chi connectivity index (χ1v) is 2.78. The molecule has 3 N–H and O–H groups in total. The Morgan fingerprint density at radius 1 is 0.692 bits per heavy atom. The van der Waals surface area contributed by atoms with Crippen LogP contribution in [0.25, 0.3) is 0 Å². The van der Waals surface area contributed by atoms with E-state index in [4.69, 9.17) is 29.7 Å². The second-order valence-corrected chi connectivity index (χ2v) is 1.56. The minimum atomic E-state index is -0.833. The zero-order valence-corrected chi connectivity index (χ0v) is 11.8. The average Bonchev–Trinajstić information content (AvgIpc) is 1.54. The summed E-state index contributed by atoms with van der Waals surface area (Å²) in [7, 11) is 0. The number of hydrogen-bond donors (Lipinski definition) is 3. The monoisotopic (exact) mass is 304 g/mol. The van der Waals surface area contributed by atoms with Crippen molar-refractivity contribution in [2.24, 2.45) is 0 Å². The van der Waals surface area contributed by atoms with Gasteiger partial charge in [-0.3, -0.25) is 14.4 Å². The molecule has 0 aliphatic heterocycles. The van der Waals surface area contributed by atoms with Crippen molar-refractivity contribution in [3.8, 4) is 0 Å². The van der Waals surface area contributed by atoms with E-state index in [1.165, 1.54) is 0 Å². The van der Waals surface area contributed by atoms with E-state index in [0.717, 1.165) is 20.8 Å². The molecule has 6 nitrogen and oxygen atoms in total. The standard InChI is InChI=1S/3C2H4O2.Sb.3H/c3*1-2(3)4;;;;/h3*1H3,(H,3,4);;;;. The quantitative estimate of drug-likeness (QED) is 0.500. The molecule has 0 amide bonds. The molecule has 0 radical (unpaired) electrons. The van der Waals surface area contributed by atoms with E-state index in [1.807, 2.05) is 0 Å². The Labute approximate surface area is 93.0 Å². The molecule has 0 unspecified atom stereocenters. The Hall–Kier alpha value is -0.772. The Morgan fingerprint density at radius 2 is 0.692 bits per heavy atom. The van der Waals surface area contributed by atoms with Gasteiger partial charge < -0.3 is 15.3 Å². The maximum absolute atomic E-state index is 9.00. The molecule has 80 valence electrons. The molecule has 0 saturated heterocycles. The van der Waals surface area contributed by atoms with Crippen LogP contribution in [0.2, 0.25) is 0 Å². The molecule has 0 rings (SSSR count). The van der Waals surface area contributed by atoms with Gasteiger partial charge in [0.2, 0.25) is 0 Å². The molecule has 0 aliphatic rings. The van der Waals surface area contributed by atoms with Crippen molar-refractivity contribution in [1.29, 1.82) is 0 Å². The van der Waals surface area contributed by atoms with Gasteiger partial charge in [0.25, 0.3) is 17.9 Å². The van der Waals surface area contributed by atoms with E-state index >= 15 is 0 Å². The first-order chi connectivity index (χ1) is 5.20.